The van der Waals surface area contributed by atoms with Crippen LogP contribution in [-0.4, -0.2) is 30.9 Å². The van der Waals surface area contributed by atoms with Gasteiger partial charge in [-0.3, -0.25) is 0 Å². The number of carboxylic acids is 1. The van der Waals surface area contributed by atoms with E-state index in [-0.39, 0.29) is 16.2 Å². The van der Waals surface area contributed by atoms with Gasteiger partial charge in [0.1, 0.15) is 0 Å². The molecule has 1 N–H and O–H groups in total. The third-order valence-corrected chi connectivity index (χ3v) is 16.0. The largest absolute Gasteiger partial charge is 0.478 e. The van der Waals surface area contributed by atoms with Crippen molar-refractivity contribution in [3.8, 4) is 32.7 Å². The molecule has 1 unspecified atom stereocenters. The van der Waals surface area contributed by atoms with Crippen LogP contribution in [0.1, 0.15) is 145 Å². The Morgan fingerprint density at radius 2 is 1.26 bits per heavy atom. The fourth-order valence-electron chi connectivity index (χ4n) is 11.4. The van der Waals surface area contributed by atoms with Crippen molar-refractivity contribution in [2.24, 2.45) is 0 Å². The molecule has 0 radical (unpaired) electrons. The number of rotatable bonds is 16. The lowest BCUT2D eigenvalue weighted by molar-refractivity contribution is -0.131. The molecule has 69 heavy (non-hydrogen) atoms. The molecule has 8 heteroatoms. The second-order valence-corrected chi connectivity index (χ2v) is 21.6. The number of aromatic nitrogens is 4. The summed E-state index contributed by atoms with van der Waals surface area (Å²) in [6, 6.07) is 46.3. The number of nitrogens with zero attached hydrogens (tertiary/aromatic N) is 5. The highest BCUT2D eigenvalue weighted by Crippen LogP contribution is 2.57. The minimum Gasteiger partial charge on any atom is -0.478 e. The molecular weight excluding hydrogens is 867 g/mol. The number of hydrogen-bond donors (Lipinski definition) is 1. The lowest BCUT2D eigenvalue weighted by Gasteiger charge is -2.34. The fraction of sp³-hybridized carbons (Fsp3) is 0.311. The van der Waals surface area contributed by atoms with Gasteiger partial charge < -0.3 is 10.0 Å². The molecule has 7 nitrogen and oxygen atoms in total. The molecule has 3 aromatic heterocycles. The Hall–Kier alpha value is -6.64. The number of aliphatic carboxylic acids is 1. The van der Waals surface area contributed by atoms with Gasteiger partial charge in [-0.2, -0.15) is 9.61 Å². The van der Waals surface area contributed by atoms with E-state index in [1.54, 1.807) is 15.9 Å². The van der Waals surface area contributed by atoms with Gasteiger partial charge in [0.05, 0.1) is 5.69 Å². The third-order valence-electron chi connectivity index (χ3n) is 14.9. The molecule has 0 amide bonds. The van der Waals surface area contributed by atoms with Gasteiger partial charge in [-0.05, 0) is 130 Å². The topological polar surface area (TPSA) is 83.6 Å². The van der Waals surface area contributed by atoms with E-state index in [0.717, 1.165) is 63.7 Å². The smallest absolute Gasteiger partial charge is 0.328 e. The molecule has 2 aliphatic rings. The number of hydrogen-bond acceptors (Lipinski definition) is 6. The van der Waals surface area contributed by atoms with E-state index in [9.17, 15) is 9.90 Å². The summed E-state index contributed by atoms with van der Waals surface area (Å²) in [6.07, 6.45) is 15.1. The maximum absolute atomic E-state index is 11.3. The second-order valence-electron chi connectivity index (χ2n) is 20.5. The van der Waals surface area contributed by atoms with Crippen molar-refractivity contribution in [2.75, 3.05) is 4.90 Å². The van der Waals surface area contributed by atoms with Crippen molar-refractivity contribution in [1.29, 1.82) is 0 Å². The van der Waals surface area contributed by atoms with E-state index in [1.165, 1.54) is 94.1 Å². The summed E-state index contributed by atoms with van der Waals surface area (Å²) in [6.45, 7) is 15.8. The van der Waals surface area contributed by atoms with Gasteiger partial charge >= 0.3 is 5.97 Å². The SMILES string of the molecule is CCCCC1(C)c2ccccc2-c2ccc(N(c3ccc(-c4ccc(/C=c5/c(C(C)(C)C)nn6c(/C=C/C(=O)O)nnc56)s4)cc3)c3ccc4c(c3)C(CCCC)(CCCC)c3ccccc3-4)cc21. The molecule has 8 aromatic rings. The number of benzene rings is 5. The molecule has 0 spiro atoms. The molecule has 0 saturated carbocycles. The van der Waals surface area contributed by atoms with Crippen molar-refractivity contribution in [3.63, 3.8) is 0 Å². The summed E-state index contributed by atoms with van der Waals surface area (Å²) in [5, 5.41) is 23.7. The van der Waals surface area contributed by atoms with Crippen molar-refractivity contribution >= 4 is 52.2 Å². The second kappa shape index (κ2) is 18.4. The highest BCUT2D eigenvalue weighted by molar-refractivity contribution is 7.16. The van der Waals surface area contributed by atoms with Crippen LogP contribution in [0.15, 0.2) is 127 Å². The fourth-order valence-corrected chi connectivity index (χ4v) is 12.4. The maximum atomic E-state index is 11.3. The maximum Gasteiger partial charge on any atom is 0.328 e. The molecule has 0 saturated heterocycles. The predicted molar refractivity (Wildman–Crippen MR) is 286 cm³/mol. The van der Waals surface area contributed by atoms with E-state index >= 15 is 0 Å². The zero-order chi connectivity index (χ0) is 48.1. The molecular formula is C61H63N5O2S. The van der Waals surface area contributed by atoms with Gasteiger partial charge in [0.25, 0.3) is 0 Å². The van der Waals surface area contributed by atoms with Gasteiger partial charge in [-0.1, -0.05) is 160 Å². The highest BCUT2D eigenvalue weighted by atomic mass is 32.1. The van der Waals surface area contributed by atoms with E-state index in [0.29, 0.717) is 11.5 Å². The molecule has 0 bridgehead atoms. The minimum absolute atomic E-state index is 0.0265. The normalized spacial score (nSPS) is 16.0. The Kier molecular flexibility index (Phi) is 12.3. The van der Waals surface area contributed by atoms with E-state index < -0.39 is 5.97 Å². The van der Waals surface area contributed by atoms with Gasteiger partial charge in [-0.15, -0.1) is 21.5 Å². The molecule has 5 aromatic carbocycles. The molecule has 2 aliphatic carbocycles. The number of anilines is 3. The Bertz CT molecular complexity index is 3290. The van der Waals surface area contributed by atoms with E-state index in [4.69, 9.17) is 5.10 Å². The predicted octanol–water partition coefficient (Wildman–Crippen LogP) is 15.4. The lowest BCUT2D eigenvalue weighted by atomic mass is 9.71. The molecule has 350 valence electrons. The monoisotopic (exact) mass is 929 g/mol. The first kappa shape index (κ1) is 46.1. The minimum atomic E-state index is -1.05. The van der Waals surface area contributed by atoms with Crippen LogP contribution < -0.4 is 10.1 Å². The molecule has 3 heterocycles. The van der Waals surface area contributed by atoms with Crippen LogP contribution >= 0.6 is 11.3 Å². The summed E-state index contributed by atoms with van der Waals surface area (Å²) >= 11 is 1.73. The third kappa shape index (κ3) is 8.10. The first-order valence-corrected chi connectivity index (χ1v) is 25.9. The standard InChI is InChI=1S/C61H63N5O2S/c1-8-11-34-60(7)50-20-16-14-18-45(50)47-29-26-42(37-52(47)60)65(43-27-30-48-46-19-15-17-21-51(46)61(35-12-9-2,36-13-10-3)53(48)38-43)41-24-22-40(23-25-41)54-31-28-44(69-54)39-49-57(59(4,5)6)64-66-55(32-33-56(67)68)62-63-58(49)66/h14-33,37-39H,8-13,34-36H2,1-7H3,(H,67,68)/b33-32+,49-39-. The number of carbonyl (C=O) groups is 1. The van der Waals surface area contributed by atoms with Gasteiger partial charge in [0.2, 0.25) is 0 Å². The highest BCUT2D eigenvalue weighted by Gasteiger charge is 2.43. The Labute approximate surface area is 411 Å². The van der Waals surface area contributed by atoms with Crippen LogP contribution in [0.4, 0.5) is 17.1 Å². The Balaban J connectivity index is 1.08. The first-order valence-electron chi connectivity index (χ1n) is 25.1. The first-order chi connectivity index (χ1) is 33.4. The van der Waals surface area contributed by atoms with Crippen LogP contribution in [0.2, 0.25) is 0 Å². The average Bonchev–Trinajstić information content (AvgIpc) is 4.17. The molecule has 0 fully saturated rings. The van der Waals surface area contributed by atoms with Crippen LogP contribution in [-0.2, 0) is 21.0 Å². The van der Waals surface area contributed by atoms with Crippen LogP contribution in [0.3, 0.4) is 0 Å². The zero-order valence-electron chi connectivity index (χ0n) is 41.1. The quantitative estimate of drug-likeness (QED) is 0.0972. The lowest BCUT2D eigenvalue weighted by Crippen LogP contribution is -2.26. The van der Waals surface area contributed by atoms with Crippen LogP contribution in [0, 0.1) is 0 Å². The number of carboxylic acid groups (broad SMARTS) is 1. The number of fused-ring (bicyclic) bond motifs is 7. The van der Waals surface area contributed by atoms with Gasteiger partial charge in [-0.25, -0.2) is 4.79 Å². The van der Waals surface area contributed by atoms with Crippen LogP contribution in [0.25, 0.3) is 50.5 Å². The average molecular weight is 930 g/mol. The summed E-state index contributed by atoms with van der Waals surface area (Å²) in [4.78, 5) is 16.0. The zero-order valence-corrected chi connectivity index (χ0v) is 42.0. The summed E-state index contributed by atoms with van der Waals surface area (Å²) < 4.78 is 1.65. The summed E-state index contributed by atoms with van der Waals surface area (Å²) in [5.74, 6) is -0.666. The van der Waals surface area contributed by atoms with E-state index in [2.05, 4.69) is 191 Å². The molecule has 1 atom stereocenters. The number of thiophene rings is 1. The van der Waals surface area contributed by atoms with Gasteiger partial charge in [0.15, 0.2) is 11.5 Å². The van der Waals surface area contributed by atoms with Gasteiger partial charge in [0, 0.05) is 54.4 Å². The van der Waals surface area contributed by atoms with Crippen molar-refractivity contribution in [2.45, 2.75) is 122 Å². The number of unbranched alkanes of at least 4 members (excludes halogenated alkanes) is 3. The van der Waals surface area contributed by atoms with Crippen molar-refractivity contribution in [1.82, 2.24) is 19.8 Å². The molecule has 10 rings (SSSR count). The summed E-state index contributed by atoms with van der Waals surface area (Å²) in [7, 11) is 0. The van der Waals surface area contributed by atoms with Crippen LogP contribution in [0.5, 0.6) is 0 Å². The van der Waals surface area contributed by atoms with Crippen molar-refractivity contribution in [3.05, 3.63) is 171 Å². The Morgan fingerprint density at radius 3 is 1.91 bits per heavy atom. The Morgan fingerprint density at radius 1 is 0.681 bits per heavy atom. The van der Waals surface area contributed by atoms with Crippen molar-refractivity contribution < 1.29 is 9.90 Å². The van der Waals surface area contributed by atoms with E-state index in [1.807, 2.05) is 0 Å². The summed E-state index contributed by atoms with van der Waals surface area (Å²) in [5.41, 5.74) is 17.0. The molecule has 0 aliphatic heterocycles.